The zero-order valence-corrected chi connectivity index (χ0v) is 10.1. The molecule has 0 aliphatic heterocycles. The van der Waals surface area contributed by atoms with Crippen molar-refractivity contribution in [3.05, 3.63) is 24.3 Å². The highest BCUT2D eigenvalue weighted by molar-refractivity contribution is 5.89. The molecule has 0 saturated heterocycles. The molecule has 98 valence electrons. The number of methoxy groups -OCH3 is 1. The van der Waals surface area contributed by atoms with Crippen molar-refractivity contribution in [2.75, 3.05) is 19.0 Å². The number of carbonyl (C=O) groups is 2. The van der Waals surface area contributed by atoms with E-state index in [0.29, 0.717) is 0 Å². The van der Waals surface area contributed by atoms with Gasteiger partial charge in [0, 0.05) is 12.7 Å². The highest BCUT2D eigenvalue weighted by Gasteiger charge is 2.14. The third-order valence-corrected chi connectivity index (χ3v) is 2.19. The van der Waals surface area contributed by atoms with Crippen LogP contribution in [0, 0.1) is 11.7 Å². The Bertz CT molecular complexity index is 439. The van der Waals surface area contributed by atoms with Gasteiger partial charge >= 0.3 is 12.0 Å². The molecule has 6 nitrogen and oxygen atoms in total. The fourth-order valence-corrected chi connectivity index (χ4v) is 1.17. The molecule has 18 heavy (non-hydrogen) atoms. The first-order valence-electron chi connectivity index (χ1n) is 5.26. The van der Waals surface area contributed by atoms with E-state index in [1.54, 1.807) is 6.92 Å². The second-order valence-corrected chi connectivity index (χ2v) is 3.61. The summed E-state index contributed by atoms with van der Waals surface area (Å²) in [6.07, 6.45) is 2.35. The zero-order chi connectivity index (χ0) is 13.5. The van der Waals surface area contributed by atoms with Gasteiger partial charge in [0.25, 0.3) is 0 Å². The molecule has 0 bridgehead atoms. The number of nitrogens with one attached hydrogen (secondary N) is 2. The molecular weight excluding hydrogens is 241 g/mol. The van der Waals surface area contributed by atoms with Crippen LogP contribution in [0.4, 0.5) is 14.9 Å². The molecule has 0 spiro atoms. The first kappa shape index (κ1) is 13.9. The molecule has 0 unspecified atom stereocenters. The van der Waals surface area contributed by atoms with Crippen molar-refractivity contribution in [3.63, 3.8) is 0 Å². The first-order chi connectivity index (χ1) is 8.54. The van der Waals surface area contributed by atoms with E-state index in [2.05, 4.69) is 20.4 Å². The van der Waals surface area contributed by atoms with E-state index < -0.39 is 23.7 Å². The number of halogens is 1. The van der Waals surface area contributed by atoms with Crippen LogP contribution in [-0.2, 0) is 9.53 Å². The van der Waals surface area contributed by atoms with Gasteiger partial charge in [-0.15, -0.1) is 0 Å². The van der Waals surface area contributed by atoms with Gasteiger partial charge in [0.1, 0.15) is 0 Å². The largest absolute Gasteiger partial charge is 0.469 e. The van der Waals surface area contributed by atoms with Gasteiger partial charge in [-0.05, 0) is 6.07 Å². The highest BCUT2D eigenvalue weighted by atomic mass is 19.1. The molecule has 0 aliphatic rings. The fraction of sp³-hybridized carbons (Fsp3) is 0.364. The van der Waals surface area contributed by atoms with Crippen molar-refractivity contribution in [1.82, 2.24) is 10.3 Å². The van der Waals surface area contributed by atoms with Crippen LogP contribution in [0.25, 0.3) is 0 Å². The number of nitrogens with zero attached hydrogens (tertiary/aromatic N) is 1. The zero-order valence-electron chi connectivity index (χ0n) is 10.1. The van der Waals surface area contributed by atoms with Crippen LogP contribution in [0.3, 0.4) is 0 Å². The number of aromatic nitrogens is 1. The molecule has 0 saturated carbocycles. The van der Waals surface area contributed by atoms with Crippen LogP contribution in [0.15, 0.2) is 18.5 Å². The van der Waals surface area contributed by atoms with Gasteiger partial charge in [-0.2, -0.15) is 0 Å². The number of anilines is 1. The maximum absolute atomic E-state index is 13.2. The monoisotopic (exact) mass is 255 g/mol. The van der Waals surface area contributed by atoms with Crippen molar-refractivity contribution in [1.29, 1.82) is 0 Å². The Labute approximate surface area is 104 Å². The van der Waals surface area contributed by atoms with Gasteiger partial charge in [-0.1, -0.05) is 6.92 Å². The summed E-state index contributed by atoms with van der Waals surface area (Å²) >= 11 is 0. The van der Waals surface area contributed by atoms with E-state index in [0.717, 1.165) is 6.20 Å². The quantitative estimate of drug-likeness (QED) is 0.791. The number of hydrogen-bond acceptors (Lipinski definition) is 4. The predicted molar refractivity (Wildman–Crippen MR) is 62.4 cm³/mol. The Morgan fingerprint density at radius 1 is 1.56 bits per heavy atom. The van der Waals surface area contributed by atoms with E-state index in [9.17, 15) is 14.0 Å². The van der Waals surface area contributed by atoms with Crippen LogP contribution in [0.1, 0.15) is 6.92 Å². The number of hydrogen-bond donors (Lipinski definition) is 2. The third kappa shape index (κ3) is 4.00. The Morgan fingerprint density at radius 3 is 2.89 bits per heavy atom. The van der Waals surface area contributed by atoms with Crippen molar-refractivity contribution >= 4 is 17.7 Å². The molecule has 0 aliphatic carbocycles. The lowest BCUT2D eigenvalue weighted by Crippen LogP contribution is -2.35. The predicted octanol–water partition coefficient (Wildman–Crippen LogP) is 1.15. The molecule has 1 rings (SSSR count). The number of amides is 2. The lowest BCUT2D eigenvalue weighted by molar-refractivity contribution is -0.144. The van der Waals surface area contributed by atoms with Crippen LogP contribution >= 0.6 is 0 Å². The average Bonchev–Trinajstić information content (AvgIpc) is 2.37. The maximum atomic E-state index is 13.2. The summed E-state index contributed by atoms with van der Waals surface area (Å²) in [4.78, 5) is 26.0. The number of pyridine rings is 1. The van der Waals surface area contributed by atoms with Crippen molar-refractivity contribution in [3.8, 4) is 0 Å². The molecule has 7 heteroatoms. The molecule has 2 amide bonds. The van der Waals surface area contributed by atoms with Gasteiger partial charge in [0.15, 0.2) is 5.82 Å². The number of esters is 1. The van der Waals surface area contributed by atoms with E-state index in [-0.39, 0.29) is 12.2 Å². The molecule has 0 aromatic carbocycles. The minimum atomic E-state index is -0.631. The summed E-state index contributed by atoms with van der Waals surface area (Å²) in [5.74, 6) is -1.53. The minimum absolute atomic E-state index is 0.0215. The molecule has 1 aromatic rings. The van der Waals surface area contributed by atoms with Crippen LogP contribution in [-0.4, -0.2) is 30.6 Å². The Morgan fingerprint density at radius 2 is 2.28 bits per heavy atom. The van der Waals surface area contributed by atoms with E-state index in [1.807, 2.05) is 0 Å². The maximum Gasteiger partial charge on any atom is 0.319 e. The lowest BCUT2D eigenvalue weighted by Gasteiger charge is -2.11. The smallest absolute Gasteiger partial charge is 0.319 e. The van der Waals surface area contributed by atoms with Gasteiger partial charge in [-0.25, -0.2) is 9.18 Å². The first-order valence-corrected chi connectivity index (χ1v) is 5.26. The summed E-state index contributed by atoms with van der Waals surface area (Å²) in [6, 6.07) is 0.731. The summed E-state index contributed by atoms with van der Waals surface area (Å²) < 4.78 is 17.7. The fourth-order valence-electron chi connectivity index (χ4n) is 1.17. The van der Waals surface area contributed by atoms with E-state index >= 15 is 0 Å². The molecular formula is C11H14FN3O3. The standard InChI is InChI=1S/C11H14FN3O3/c1-7(10(16)18-2)5-14-11(17)15-9-3-4-13-6-8(9)12/h3-4,6-7H,5H2,1-2H3,(H2,13,14,15,17)/t7-/m1/s1. The van der Waals surface area contributed by atoms with Gasteiger partial charge in [0.2, 0.25) is 0 Å². The number of urea groups is 1. The van der Waals surface area contributed by atoms with Crippen LogP contribution in [0.5, 0.6) is 0 Å². The van der Waals surface area contributed by atoms with Crippen LogP contribution < -0.4 is 10.6 Å². The molecule has 0 radical (unpaired) electrons. The molecule has 2 N–H and O–H groups in total. The third-order valence-electron chi connectivity index (χ3n) is 2.19. The van der Waals surface area contributed by atoms with Crippen molar-refractivity contribution < 1.29 is 18.7 Å². The molecule has 1 aromatic heterocycles. The normalized spacial score (nSPS) is 11.5. The van der Waals surface area contributed by atoms with E-state index in [4.69, 9.17) is 0 Å². The number of carbonyl (C=O) groups excluding carboxylic acids is 2. The summed E-state index contributed by atoms with van der Waals surface area (Å²) in [6.45, 7) is 1.71. The molecule has 1 heterocycles. The van der Waals surface area contributed by atoms with Gasteiger partial charge in [-0.3, -0.25) is 9.78 Å². The molecule has 1 atom stereocenters. The second kappa shape index (κ2) is 6.53. The minimum Gasteiger partial charge on any atom is -0.469 e. The van der Waals surface area contributed by atoms with Gasteiger partial charge < -0.3 is 15.4 Å². The molecule has 0 fully saturated rings. The van der Waals surface area contributed by atoms with Gasteiger partial charge in [0.05, 0.1) is 24.9 Å². The number of ether oxygens (including phenoxy) is 1. The Hall–Kier alpha value is -2.18. The van der Waals surface area contributed by atoms with Crippen molar-refractivity contribution in [2.45, 2.75) is 6.92 Å². The summed E-state index contributed by atoms with van der Waals surface area (Å²) in [5, 5.41) is 4.74. The van der Waals surface area contributed by atoms with Crippen LogP contribution in [0.2, 0.25) is 0 Å². The SMILES string of the molecule is COC(=O)[C@H](C)CNC(=O)Nc1ccncc1F. The highest BCUT2D eigenvalue weighted by Crippen LogP contribution is 2.10. The number of rotatable bonds is 4. The lowest BCUT2D eigenvalue weighted by atomic mass is 10.2. The average molecular weight is 255 g/mol. The Kier molecular flexibility index (Phi) is 5.04. The summed E-state index contributed by atoms with van der Waals surface area (Å²) in [5.41, 5.74) is 0.0215. The summed E-state index contributed by atoms with van der Waals surface area (Å²) in [7, 11) is 1.27. The van der Waals surface area contributed by atoms with Crippen molar-refractivity contribution in [2.24, 2.45) is 5.92 Å². The topological polar surface area (TPSA) is 80.3 Å². The second-order valence-electron chi connectivity index (χ2n) is 3.61. The van der Waals surface area contributed by atoms with E-state index in [1.165, 1.54) is 19.4 Å². The Balaban J connectivity index is 2.43.